The van der Waals surface area contributed by atoms with E-state index in [4.69, 9.17) is 0 Å². The van der Waals surface area contributed by atoms with Gasteiger partial charge in [-0.1, -0.05) is 12.1 Å². The number of benzene rings is 1. The van der Waals surface area contributed by atoms with Gasteiger partial charge in [0.1, 0.15) is 0 Å². The third kappa shape index (κ3) is 3.03. The lowest BCUT2D eigenvalue weighted by Gasteiger charge is -2.22. The normalized spacial score (nSPS) is 20.0. The van der Waals surface area contributed by atoms with E-state index in [1.165, 1.54) is 4.31 Å². The molecule has 0 spiro atoms. The maximum atomic E-state index is 12.3. The van der Waals surface area contributed by atoms with Gasteiger partial charge in [0.2, 0.25) is 10.0 Å². The molecule has 1 fully saturated rings. The second-order valence-corrected chi connectivity index (χ2v) is 6.92. The van der Waals surface area contributed by atoms with E-state index < -0.39 is 10.0 Å². The molecule has 0 bridgehead atoms. The lowest BCUT2D eigenvalue weighted by Crippen LogP contribution is -2.37. The lowest BCUT2D eigenvalue weighted by atomic mass is 10.2. The highest BCUT2D eigenvalue weighted by Crippen LogP contribution is 2.19. The fourth-order valence-electron chi connectivity index (χ4n) is 2.25. The van der Waals surface area contributed by atoms with Crippen LogP contribution in [0.25, 0.3) is 0 Å². The summed E-state index contributed by atoms with van der Waals surface area (Å²) in [6.45, 7) is 2.89. The van der Waals surface area contributed by atoms with E-state index in [9.17, 15) is 8.42 Å². The Kier molecular flexibility index (Phi) is 3.92. The summed E-state index contributed by atoms with van der Waals surface area (Å²) in [5.41, 5.74) is 1.79. The molecule has 1 saturated heterocycles. The van der Waals surface area contributed by atoms with Gasteiger partial charge in [0, 0.05) is 13.1 Å². The van der Waals surface area contributed by atoms with E-state index >= 15 is 0 Å². The Hall–Kier alpha value is -1.07. The number of hydrogen-bond donors (Lipinski definition) is 1. The van der Waals surface area contributed by atoms with Gasteiger partial charge >= 0.3 is 0 Å². The van der Waals surface area contributed by atoms with Crippen LogP contribution in [0.4, 0.5) is 5.69 Å². The zero-order valence-corrected chi connectivity index (χ0v) is 11.7. The highest BCUT2D eigenvalue weighted by atomic mass is 32.2. The topological polar surface area (TPSA) is 49.4 Å². The molecule has 1 N–H and O–H groups in total. The van der Waals surface area contributed by atoms with Crippen molar-refractivity contribution in [1.82, 2.24) is 5.32 Å². The monoisotopic (exact) mass is 268 g/mol. The van der Waals surface area contributed by atoms with Crippen molar-refractivity contribution in [2.24, 2.45) is 0 Å². The number of anilines is 1. The van der Waals surface area contributed by atoms with Gasteiger partial charge in [0.15, 0.2) is 0 Å². The average Bonchev–Trinajstić information content (AvgIpc) is 2.80. The van der Waals surface area contributed by atoms with E-state index in [1.807, 2.05) is 31.2 Å². The summed E-state index contributed by atoms with van der Waals surface area (Å²) in [4.78, 5) is 0. The first-order valence-electron chi connectivity index (χ1n) is 6.26. The van der Waals surface area contributed by atoms with E-state index in [-0.39, 0.29) is 11.8 Å². The van der Waals surface area contributed by atoms with Crippen molar-refractivity contribution in [1.29, 1.82) is 0 Å². The van der Waals surface area contributed by atoms with E-state index in [2.05, 4.69) is 5.32 Å². The zero-order chi connectivity index (χ0) is 13.2. The molecule has 0 amide bonds. The average molecular weight is 268 g/mol. The maximum Gasteiger partial charge on any atom is 0.236 e. The zero-order valence-electron chi connectivity index (χ0n) is 10.9. The minimum Gasteiger partial charge on any atom is -0.313 e. The highest BCUT2D eigenvalue weighted by molar-refractivity contribution is 7.92. The Bertz CT molecular complexity index is 507. The molecule has 5 heteroatoms. The summed E-state index contributed by atoms with van der Waals surface area (Å²) in [7, 11) is -1.62. The molecule has 2 rings (SSSR count). The molecular weight excluding hydrogens is 248 g/mol. The van der Waals surface area contributed by atoms with Crippen LogP contribution in [0.5, 0.6) is 0 Å². The van der Waals surface area contributed by atoms with Crippen LogP contribution in [0, 0.1) is 6.92 Å². The van der Waals surface area contributed by atoms with Crippen molar-refractivity contribution < 1.29 is 8.42 Å². The Morgan fingerprint density at radius 3 is 2.83 bits per heavy atom. The van der Waals surface area contributed by atoms with Crippen molar-refractivity contribution in [2.45, 2.75) is 25.8 Å². The first-order valence-corrected chi connectivity index (χ1v) is 7.86. The lowest BCUT2D eigenvalue weighted by molar-refractivity contribution is 0.575. The second kappa shape index (κ2) is 5.28. The van der Waals surface area contributed by atoms with Crippen LogP contribution in [0.1, 0.15) is 18.4 Å². The van der Waals surface area contributed by atoms with Gasteiger partial charge < -0.3 is 5.32 Å². The molecule has 1 aromatic rings. The Labute approximate surface area is 109 Å². The van der Waals surface area contributed by atoms with Gasteiger partial charge in [-0.15, -0.1) is 0 Å². The minimum absolute atomic E-state index is 0.0993. The first-order chi connectivity index (χ1) is 8.49. The third-order valence-corrected chi connectivity index (χ3v) is 5.23. The van der Waals surface area contributed by atoms with Gasteiger partial charge in [-0.2, -0.15) is 0 Å². The van der Waals surface area contributed by atoms with Crippen molar-refractivity contribution in [3.63, 3.8) is 0 Å². The van der Waals surface area contributed by atoms with Crippen LogP contribution >= 0.6 is 0 Å². The molecular formula is C13H20N2O2S. The molecule has 0 aromatic heterocycles. The first kappa shape index (κ1) is 13.4. The summed E-state index contributed by atoms with van der Waals surface area (Å²) in [5, 5.41) is 3.22. The fourth-order valence-corrected chi connectivity index (χ4v) is 3.70. The largest absolute Gasteiger partial charge is 0.313 e. The van der Waals surface area contributed by atoms with Crippen molar-refractivity contribution >= 4 is 15.7 Å². The van der Waals surface area contributed by atoms with Crippen LogP contribution in [0.15, 0.2) is 24.3 Å². The Morgan fingerprint density at radius 1 is 1.44 bits per heavy atom. The number of rotatable bonds is 4. The number of aryl methyl sites for hydroxylation is 1. The quantitative estimate of drug-likeness (QED) is 0.900. The standard InChI is InChI=1S/C13H20N2O2S/c1-11-5-3-7-13(9-11)15(2)18(16,17)10-12-6-4-8-14-12/h3,5,7,9,12,14H,4,6,8,10H2,1-2H3. The van der Waals surface area contributed by atoms with Gasteiger partial charge in [0.25, 0.3) is 0 Å². The summed E-state index contributed by atoms with van der Waals surface area (Å²) >= 11 is 0. The van der Waals surface area contributed by atoms with E-state index in [0.29, 0.717) is 0 Å². The van der Waals surface area contributed by atoms with Crippen LogP contribution in [-0.2, 0) is 10.0 Å². The Morgan fingerprint density at radius 2 is 2.22 bits per heavy atom. The molecule has 1 heterocycles. The van der Waals surface area contributed by atoms with Crippen LogP contribution in [0.3, 0.4) is 0 Å². The molecule has 1 aliphatic rings. The highest BCUT2D eigenvalue weighted by Gasteiger charge is 2.25. The Balaban J connectivity index is 2.13. The van der Waals surface area contributed by atoms with Crippen LogP contribution in [0.2, 0.25) is 0 Å². The molecule has 1 aliphatic heterocycles. The van der Waals surface area contributed by atoms with E-state index in [0.717, 1.165) is 30.6 Å². The molecule has 1 atom stereocenters. The van der Waals surface area contributed by atoms with Gasteiger partial charge in [0.05, 0.1) is 11.4 Å². The van der Waals surface area contributed by atoms with Crippen molar-refractivity contribution in [3.8, 4) is 0 Å². The van der Waals surface area contributed by atoms with Crippen molar-refractivity contribution in [2.75, 3.05) is 23.7 Å². The smallest absolute Gasteiger partial charge is 0.236 e. The number of nitrogens with one attached hydrogen (secondary N) is 1. The fraction of sp³-hybridized carbons (Fsp3) is 0.538. The molecule has 100 valence electrons. The molecule has 0 saturated carbocycles. The van der Waals surface area contributed by atoms with Gasteiger partial charge in [-0.05, 0) is 44.0 Å². The maximum absolute atomic E-state index is 12.3. The predicted molar refractivity (Wildman–Crippen MR) is 74.4 cm³/mol. The second-order valence-electron chi connectivity index (χ2n) is 4.88. The van der Waals surface area contributed by atoms with Crippen LogP contribution < -0.4 is 9.62 Å². The van der Waals surface area contributed by atoms with Crippen molar-refractivity contribution in [3.05, 3.63) is 29.8 Å². The summed E-state index contributed by atoms with van der Waals surface area (Å²) in [6, 6.07) is 7.65. The third-order valence-electron chi connectivity index (χ3n) is 3.36. The van der Waals surface area contributed by atoms with Crippen LogP contribution in [-0.4, -0.2) is 33.8 Å². The summed E-state index contributed by atoms with van der Waals surface area (Å²) < 4.78 is 26.0. The summed E-state index contributed by atoms with van der Waals surface area (Å²) in [6.07, 6.45) is 2.01. The van der Waals surface area contributed by atoms with Gasteiger partial charge in [-0.3, -0.25) is 4.31 Å². The SMILES string of the molecule is Cc1cccc(N(C)S(=O)(=O)CC2CCCN2)c1. The molecule has 0 aliphatic carbocycles. The molecule has 0 radical (unpaired) electrons. The number of sulfonamides is 1. The molecule has 4 nitrogen and oxygen atoms in total. The summed E-state index contributed by atoms with van der Waals surface area (Å²) in [5.74, 6) is 0.178. The molecule has 1 aromatic carbocycles. The number of nitrogens with zero attached hydrogens (tertiary/aromatic N) is 1. The van der Waals surface area contributed by atoms with Gasteiger partial charge in [-0.25, -0.2) is 8.42 Å². The predicted octanol–water partition coefficient (Wildman–Crippen LogP) is 1.51. The minimum atomic E-state index is -3.24. The number of hydrogen-bond acceptors (Lipinski definition) is 3. The molecule has 18 heavy (non-hydrogen) atoms. The molecule has 1 unspecified atom stereocenters. The van der Waals surface area contributed by atoms with E-state index in [1.54, 1.807) is 7.05 Å².